The predicted octanol–water partition coefficient (Wildman–Crippen LogP) is 3.35. The van der Waals surface area contributed by atoms with Gasteiger partial charge in [0.15, 0.2) is 0 Å². The van der Waals surface area contributed by atoms with E-state index in [9.17, 15) is 0 Å². The van der Waals surface area contributed by atoms with Gasteiger partial charge in [-0.2, -0.15) is 5.26 Å². The van der Waals surface area contributed by atoms with Crippen molar-refractivity contribution in [3.8, 4) is 6.07 Å². The number of hydrogen-bond donors (Lipinski definition) is 1. The topological polar surface area (TPSA) is 48.7 Å². The first-order valence-electron chi connectivity index (χ1n) is 4.68. The van der Waals surface area contributed by atoms with Crippen LogP contribution in [0.1, 0.15) is 5.56 Å². The van der Waals surface area contributed by atoms with Crippen LogP contribution < -0.4 is 5.32 Å². The zero-order valence-corrected chi connectivity index (χ0v) is 9.07. The van der Waals surface area contributed by atoms with Gasteiger partial charge in [0.25, 0.3) is 0 Å². The Bertz CT molecular complexity index is 546. The maximum atomic E-state index is 8.76. The van der Waals surface area contributed by atoms with Crippen LogP contribution in [0, 0.1) is 11.3 Å². The molecule has 0 fully saturated rings. The van der Waals surface area contributed by atoms with Crippen molar-refractivity contribution in [2.24, 2.45) is 0 Å². The van der Waals surface area contributed by atoms with Crippen LogP contribution in [-0.2, 0) is 0 Å². The Hall–Kier alpha value is -2.05. The highest BCUT2D eigenvalue weighted by molar-refractivity contribution is 6.29. The van der Waals surface area contributed by atoms with Crippen LogP contribution >= 0.6 is 11.6 Å². The maximum absolute atomic E-state index is 8.76. The first-order valence-corrected chi connectivity index (χ1v) is 5.05. The van der Waals surface area contributed by atoms with Gasteiger partial charge in [-0.05, 0) is 30.3 Å². The molecule has 1 N–H and O–H groups in total. The third kappa shape index (κ3) is 2.50. The number of rotatable bonds is 2. The van der Waals surface area contributed by atoms with Crippen LogP contribution in [0.5, 0.6) is 0 Å². The molecule has 0 aliphatic heterocycles. The van der Waals surface area contributed by atoms with E-state index in [-0.39, 0.29) is 0 Å². The van der Waals surface area contributed by atoms with Crippen molar-refractivity contribution < 1.29 is 0 Å². The summed E-state index contributed by atoms with van der Waals surface area (Å²) in [6, 6.07) is 14.6. The van der Waals surface area contributed by atoms with Gasteiger partial charge in [-0.1, -0.05) is 23.7 Å². The summed E-state index contributed by atoms with van der Waals surface area (Å²) in [6.45, 7) is 0. The van der Waals surface area contributed by atoms with Gasteiger partial charge in [0.05, 0.1) is 11.6 Å². The lowest BCUT2D eigenvalue weighted by Crippen LogP contribution is -1.93. The summed E-state index contributed by atoms with van der Waals surface area (Å²) in [5.74, 6) is 0.655. The standard InChI is InChI=1S/C12H8ClN3/c13-11-5-2-6-12(16-11)15-10-4-1-3-9(7-10)8-14/h1-7H,(H,15,16). The van der Waals surface area contributed by atoms with Crippen molar-refractivity contribution >= 4 is 23.1 Å². The largest absolute Gasteiger partial charge is 0.340 e. The van der Waals surface area contributed by atoms with Gasteiger partial charge in [-0.3, -0.25) is 0 Å². The van der Waals surface area contributed by atoms with E-state index in [2.05, 4.69) is 16.4 Å². The number of benzene rings is 1. The second-order valence-corrected chi connectivity index (χ2v) is 3.55. The minimum absolute atomic E-state index is 0.432. The Kier molecular flexibility index (Phi) is 3.04. The molecule has 0 amide bonds. The van der Waals surface area contributed by atoms with E-state index in [0.29, 0.717) is 16.5 Å². The fourth-order valence-electron chi connectivity index (χ4n) is 1.29. The van der Waals surface area contributed by atoms with Crippen molar-refractivity contribution in [1.82, 2.24) is 4.98 Å². The average molecular weight is 230 g/mol. The Labute approximate surface area is 98.3 Å². The highest BCUT2D eigenvalue weighted by Gasteiger charge is 1.98. The third-order valence-corrected chi connectivity index (χ3v) is 2.19. The minimum atomic E-state index is 0.432. The Morgan fingerprint density at radius 1 is 1.19 bits per heavy atom. The fraction of sp³-hybridized carbons (Fsp3) is 0. The van der Waals surface area contributed by atoms with Crippen LogP contribution in [0.3, 0.4) is 0 Å². The molecule has 0 aliphatic rings. The van der Waals surface area contributed by atoms with E-state index in [1.165, 1.54) is 0 Å². The predicted molar refractivity (Wildman–Crippen MR) is 63.7 cm³/mol. The van der Waals surface area contributed by atoms with Crippen LogP contribution in [0.15, 0.2) is 42.5 Å². The number of halogens is 1. The number of pyridine rings is 1. The summed E-state index contributed by atoms with van der Waals surface area (Å²) in [7, 11) is 0. The number of hydrogen-bond acceptors (Lipinski definition) is 3. The molecule has 0 bridgehead atoms. The highest BCUT2D eigenvalue weighted by Crippen LogP contribution is 2.17. The number of nitriles is 1. The average Bonchev–Trinajstić information content (AvgIpc) is 2.29. The van der Waals surface area contributed by atoms with Crippen molar-refractivity contribution in [2.45, 2.75) is 0 Å². The molecule has 16 heavy (non-hydrogen) atoms. The molecule has 0 saturated carbocycles. The van der Waals surface area contributed by atoms with E-state index >= 15 is 0 Å². The molecule has 0 atom stereocenters. The summed E-state index contributed by atoms with van der Waals surface area (Å²) >= 11 is 5.77. The van der Waals surface area contributed by atoms with E-state index in [1.54, 1.807) is 18.2 Å². The lowest BCUT2D eigenvalue weighted by Gasteiger charge is -2.05. The molecule has 2 aromatic rings. The SMILES string of the molecule is N#Cc1cccc(Nc2cccc(Cl)n2)c1. The zero-order chi connectivity index (χ0) is 11.4. The molecule has 4 heteroatoms. The van der Waals surface area contributed by atoms with Crippen LogP contribution in [0.4, 0.5) is 11.5 Å². The summed E-state index contributed by atoms with van der Waals surface area (Å²) in [6.07, 6.45) is 0. The van der Waals surface area contributed by atoms with Gasteiger partial charge >= 0.3 is 0 Å². The van der Waals surface area contributed by atoms with Crippen molar-refractivity contribution in [1.29, 1.82) is 5.26 Å². The smallest absolute Gasteiger partial charge is 0.132 e. The monoisotopic (exact) mass is 229 g/mol. The van der Waals surface area contributed by atoms with E-state index < -0.39 is 0 Å². The Morgan fingerprint density at radius 3 is 2.75 bits per heavy atom. The van der Waals surface area contributed by atoms with Gasteiger partial charge in [0.2, 0.25) is 0 Å². The van der Waals surface area contributed by atoms with E-state index in [4.69, 9.17) is 16.9 Å². The van der Waals surface area contributed by atoms with Crippen LogP contribution in [0.25, 0.3) is 0 Å². The first-order chi connectivity index (χ1) is 7.78. The minimum Gasteiger partial charge on any atom is -0.340 e. The molecule has 1 aromatic heterocycles. The number of anilines is 2. The number of nitrogens with zero attached hydrogens (tertiary/aromatic N) is 2. The molecule has 0 saturated heterocycles. The Morgan fingerprint density at radius 2 is 2.00 bits per heavy atom. The molecular formula is C12H8ClN3. The molecule has 2 rings (SSSR count). The molecule has 0 aliphatic carbocycles. The summed E-state index contributed by atoms with van der Waals surface area (Å²) < 4.78 is 0. The molecule has 3 nitrogen and oxygen atoms in total. The van der Waals surface area contributed by atoms with Crippen molar-refractivity contribution in [3.05, 3.63) is 53.2 Å². The van der Waals surface area contributed by atoms with Crippen LogP contribution in [0.2, 0.25) is 5.15 Å². The second-order valence-electron chi connectivity index (χ2n) is 3.16. The summed E-state index contributed by atoms with van der Waals surface area (Å²) in [4.78, 5) is 4.10. The lowest BCUT2D eigenvalue weighted by atomic mass is 10.2. The third-order valence-electron chi connectivity index (χ3n) is 1.98. The highest BCUT2D eigenvalue weighted by atomic mass is 35.5. The normalized spacial score (nSPS) is 9.50. The molecule has 0 radical (unpaired) electrons. The van der Waals surface area contributed by atoms with E-state index in [1.807, 2.05) is 24.3 Å². The fourth-order valence-corrected chi connectivity index (χ4v) is 1.46. The quantitative estimate of drug-likeness (QED) is 0.804. The van der Waals surface area contributed by atoms with Gasteiger partial charge < -0.3 is 5.32 Å². The van der Waals surface area contributed by atoms with Crippen molar-refractivity contribution in [3.63, 3.8) is 0 Å². The van der Waals surface area contributed by atoms with E-state index in [0.717, 1.165) is 5.69 Å². The number of nitrogens with one attached hydrogen (secondary N) is 1. The van der Waals surface area contributed by atoms with Gasteiger partial charge in [0, 0.05) is 5.69 Å². The summed E-state index contributed by atoms with van der Waals surface area (Å²) in [5.41, 5.74) is 1.42. The van der Waals surface area contributed by atoms with Crippen molar-refractivity contribution in [2.75, 3.05) is 5.32 Å². The molecule has 0 unspecified atom stereocenters. The van der Waals surface area contributed by atoms with Crippen LogP contribution in [-0.4, -0.2) is 4.98 Å². The van der Waals surface area contributed by atoms with Gasteiger partial charge in [-0.25, -0.2) is 4.98 Å². The lowest BCUT2D eigenvalue weighted by molar-refractivity contribution is 1.31. The molecular weight excluding hydrogens is 222 g/mol. The number of aromatic nitrogens is 1. The van der Waals surface area contributed by atoms with Gasteiger partial charge in [0.1, 0.15) is 11.0 Å². The van der Waals surface area contributed by atoms with Gasteiger partial charge in [-0.15, -0.1) is 0 Å². The maximum Gasteiger partial charge on any atom is 0.132 e. The molecule has 0 spiro atoms. The second kappa shape index (κ2) is 4.65. The summed E-state index contributed by atoms with van der Waals surface area (Å²) in [5, 5.41) is 12.3. The zero-order valence-electron chi connectivity index (χ0n) is 8.31. The molecule has 1 aromatic carbocycles. The Balaban J connectivity index is 2.24. The first kappa shape index (κ1) is 10.5. The molecule has 78 valence electrons. The molecule has 1 heterocycles.